The van der Waals surface area contributed by atoms with Crippen molar-refractivity contribution in [3.05, 3.63) is 97.4 Å². The third kappa shape index (κ3) is 5.65. The molecule has 0 saturated carbocycles. The summed E-state index contributed by atoms with van der Waals surface area (Å²) in [6.07, 6.45) is 0. The quantitative estimate of drug-likeness (QED) is 0.197. The maximum Gasteiger partial charge on any atom is 0.338 e. The molecule has 0 aliphatic carbocycles. The maximum absolute atomic E-state index is 14.0. The number of ether oxygens (including phenoxy) is 2. The van der Waals surface area contributed by atoms with Crippen LogP contribution in [-0.2, 0) is 25.7 Å². The molecule has 0 bridgehead atoms. The molecule has 1 saturated heterocycles. The van der Waals surface area contributed by atoms with Gasteiger partial charge in [-0.25, -0.2) is 9.69 Å². The zero-order chi connectivity index (χ0) is 32.7. The highest BCUT2D eigenvalue weighted by Gasteiger charge is 2.57. The summed E-state index contributed by atoms with van der Waals surface area (Å²) in [5, 5.41) is 12.9. The molecule has 3 heterocycles. The summed E-state index contributed by atoms with van der Waals surface area (Å²) in [5.74, 6) is -3.46. The van der Waals surface area contributed by atoms with Crippen LogP contribution in [0.4, 0.5) is 11.4 Å². The lowest BCUT2D eigenvalue weighted by molar-refractivity contribution is -0.122. The Labute approximate surface area is 275 Å². The van der Waals surface area contributed by atoms with Crippen molar-refractivity contribution in [3.8, 4) is 11.5 Å². The van der Waals surface area contributed by atoms with Gasteiger partial charge in [0.2, 0.25) is 17.7 Å². The second-order valence-electron chi connectivity index (χ2n) is 10.4. The van der Waals surface area contributed by atoms with E-state index in [1.807, 2.05) is 0 Å². The Morgan fingerprint density at radius 1 is 1.00 bits per heavy atom. The van der Waals surface area contributed by atoms with E-state index in [0.717, 1.165) is 28.0 Å². The molecule has 6 rings (SSSR count). The van der Waals surface area contributed by atoms with Gasteiger partial charge in [-0.05, 0) is 73.2 Å². The number of hydrogen-bond donors (Lipinski definition) is 2. The summed E-state index contributed by atoms with van der Waals surface area (Å²) in [6.45, 7) is 1.58. The lowest BCUT2D eigenvalue weighted by atomic mass is 9.83. The molecule has 0 spiro atoms. The first-order valence-electron chi connectivity index (χ1n) is 14.1. The molecule has 1 aromatic heterocycles. The third-order valence-corrected chi connectivity index (χ3v) is 10.5. The number of carbonyl (C=O) groups is 4. The van der Waals surface area contributed by atoms with Crippen LogP contribution in [0.2, 0.25) is 5.02 Å². The number of methoxy groups -OCH3 is 1. The zero-order valence-corrected chi connectivity index (χ0v) is 26.8. The average Bonchev–Trinajstić information content (AvgIpc) is 3.48. The number of hydrogen-bond acceptors (Lipinski definition) is 10. The molecule has 11 nitrogen and oxygen atoms in total. The molecule has 2 unspecified atom stereocenters. The van der Waals surface area contributed by atoms with Gasteiger partial charge in [0, 0.05) is 21.5 Å². The second kappa shape index (κ2) is 12.7. The molecule has 3 aromatic carbocycles. The number of imide groups is 1. The first-order valence-corrected chi connectivity index (χ1v) is 16.2. The normalized spacial score (nSPS) is 18.6. The summed E-state index contributed by atoms with van der Waals surface area (Å²) in [7, 11) is 1.40. The van der Waals surface area contributed by atoms with Crippen molar-refractivity contribution in [2.45, 2.75) is 29.7 Å². The van der Waals surface area contributed by atoms with Gasteiger partial charge in [-0.1, -0.05) is 40.8 Å². The molecule has 3 atom stereocenters. The Bertz CT molecular complexity index is 1920. The van der Waals surface area contributed by atoms with Crippen LogP contribution in [0.25, 0.3) is 0 Å². The van der Waals surface area contributed by atoms with E-state index in [-0.39, 0.29) is 24.7 Å². The Kier molecular flexibility index (Phi) is 8.64. The van der Waals surface area contributed by atoms with Gasteiger partial charge in [0.15, 0.2) is 11.5 Å². The number of nitrogens with one attached hydrogen (secondary N) is 1. The highest BCUT2D eigenvalue weighted by atomic mass is 35.5. The van der Waals surface area contributed by atoms with Crippen molar-refractivity contribution in [2.75, 3.05) is 23.9 Å². The number of fused-ring (bicyclic) bond motifs is 2. The Morgan fingerprint density at radius 3 is 2.39 bits per heavy atom. The summed E-state index contributed by atoms with van der Waals surface area (Å²) >= 11 is 8.03. The zero-order valence-electron chi connectivity index (χ0n) is 24.4. The van der Waals surface area contributed by atoms with Crippen molar-refractivity contribution in [2.24, 2.45) is 5.92 Å². The lowest BCUT2D eigenvalue weighted by Gasteiger charge is -2.31. The number of nitrogens with zero attached hydrogens (tertiary/aromatic N) is 2. The van der Waals surface area contributed by atoms with Crippen LogP contribution in [0.5, 0.6) is 11.5 Å². The highest BCUT2D eigenvalue weighted by molar-refractivity contribution is 8.00. The minimum Gasteiger partial charge on any atom is -0.504 e. The van der Waals surface area contributed by atoms with Gasteiger partial charge >= 0.3 is 10.8 Å². The smallest absolute Gasteiger partial charge is 0.338 e. The highest BCUT2D eigenvalue weighted by Crippen LogP contribution is 2.54. The number of benzene rings is 3. The van der Waals surface area contributed by atoms with Gasteiger partial charge < -0.3 is 19.9 Å². The fourth-order valence-electron chi connectivity index (χ4n) is 5.59. The summed E-state index contributed by atoms with van der Waals surface area (Å²) in [6, 6.07) is 17.2. The fraction of sp³-hybridized carbons (Fsp3) is 0.219. The molecule has 2 aliphatic heterocycles. The number of phenolic OH excluding ortho intramolecular Hbond substituents is 1. The van der Waals surface area contributed by atoms with Gasteiger partial charge in [0.25, 0.3) is 0 Å². The first kappa shape index (κ1) is 31.4. The van der Waals surface area contributed by atoms with Gasteiger partial charge in [0.1, 0.15) is 11.8 Å². The minimum absolute atomic E-state index is 0.109. The number of halogens is 1. The van der Waals surface area contributed by atoms with Crippen LogP contribution in [0, 0.1) is 5.92 Å². The van der Waals surface area contributed by atoms with Crippen LogP contribution >= 0.6 is 34.7 Å². The molecular formula is C32H26ClN3O8S2. The first-order chi connectivity index (χ1) is 22.1. The summed E-state index contributed by atoms with van der Waals surface area (Å²) in [4.78, 5) is 67.7. The number of aromatic hydroxyl groups is 1. The number of thiazole rings is 1. The number of amides is 3. The number of rotatable bonds is 8. The number of aromatic nitrogens is 1. The molecule has 236 valence electrons. The second-order valence-corrected chi connectivity index (χ2v) is 13.0. The van der Waals surface area contributed by atoms with Crippen LogP contribution in [0.3, 0.4) is 0 Å². The van der Waals surface area contributed by atoms with Crippen molar-refractivity contribution in [3.63, 3.8) is 0 Å². The van der Waals surface area contributed by atoms with E-state index >= 15 is 0 Å². The van der Waals surface area contributed by atoms with E-state index in [9.17, 15) is 29.1 Å². The molecule has 0 radical (unpaired) electrons. The number of esters is 1. The van der Waals surface area contributed by atoms with E-state index in [4.69, 9.17) is 21.1 Å². The Hall–Kier alpha value is -4.59. The number of thioether (sulfide) groups is 1. The van der Waals surface area contributed by atoms with Crippen LogP contribution in [-0.4, -0.2) is 52.3 Å². The van der Waals surface area contributed by atoms with E-state index in [2.05, 4.69) is 5.32 Å². The predicted octanol–water partition coefficient (Wildman–Crippen LogP) is 4.89. The molecule has 2 aliphatic rings. The molecule has 2 N–H and O–H groups in total. The van der Waals surface area contributed by atoms with Crippen molar-refractivity contribution in [1.82, 2.24) is 4.57 Å². The topological polar surface area (TPSA) is 144 Å². The van der Waals surface area contributed by atoms with Crippen LogP contribution < -0.4 is 19.8 Å². The summed E-state index contributed by atoms with van der Waals surface area (Å²) in [5.41, 5.74) is 1.66. The molecule has 4 aromatic rings. The van der Waals surface area contributed by atoms with Gasteiger partial charge in [-0.3, -0.25) is 23.7 Å². The Morgan fingerprint density at radius 2 is 1.72 bits per heavy atom. The largest absolute Gasteiger partial charge is 0.504 e. The van der Waals surface area contributed by atoms with Crippen LogP contribution in [0.15, 0.2) is 76.6 Å². The predicted molar refractivity (Wildman–Crippen MR) is 173 cm³/mol. The van der Waals surface area contributed by atoms with Gasteiger partial charge in [-0.15, -0.1) is 0 Å². The lowest BCUT2D eigenvalue weighted by Crippen LogP contribution is -2.33. The van der Waals surface area contributed by atoms with Crippen molar-refractivity contribution >= 4 is 69.8 Å². The van der Waals surface area contributed by atoms with Crippen LogP contribution in [0.1, 0.15) is 33.6 Å². The van der Waals surface area contributed by atoms with Gasteiger partial charge in [-0.2, -0.15) is 0 Å². The molecule has 14 heteroatoms. The summed E-state index contributed by atoms with van der Waals surface area (Å²) < 4.78 is 11.6. The van der Waals surface area contributed by atoms with E-state index < -0.39 is 45.6 Å². The molecule has 3 amide bonds. The van der Waals surface area contributed by atoms with E-state index in [0.29, 0.717) is 37.4 Å². The van der Waals surface area contributed by atoms with Crippen molar-refractivity contribution in [1.29, 1.82) is 0 Å². The standard InChI is InChI=1S/C32H26ClN3O8S2/c1-3-44-31(41)16-4-9-19(10-5-16)34-23(38)15-35-30-27(46-32(35)42)24(17-6-13-21(37)22(14-17)43-2)25-26(45-30)29(40)36(28(25)39)20-11-7-18(33)8-12-20/h4-14,24-26,37H,3,15H2,1-2H3,(H,34,38)/t24-,25?,26?/m0/s1. The monoisotopic (exact) mass is 679 g/mol. The number of anilines is 2. The van der Waals surface area contributed by atoms with Gasteiger partial charge in [0.05, 0.1) is 35.9 Å². The van der Waals surface area contributed by atoms with E-state index in [1.54, 1.807) is 55.5 Å². The van der Waals surface area contributed by atoms with Crippen molar-refractivity contribution < 1.29 is 33.8 Å². The number of carbonyl (C=O) groups excluding carboxylic acids is 4. The molecule has 46 heavy (non-hydrogen) atoms. The SMILES string of the molecule is CCOC(=O)c1ccc(NC(=O)Cn2c3c(sc2=O)[C@@H](c2ccc(O)c(OC)c2)C2C(=O)N(c4ccc(Cl)cc4)C(=O)C2S3)cc1. The average molecular weight is 680 g/mol. The minimum atomic E-state index is -0.904. The molecular weight excluding hydrogens is 654 g/mol. The third-order valence-electron chi connectivity index (χ3n) is 7.68. The molecule has 1 fully saturated rings. The maximum atomic E-state index is 14.0. The Balaban J connectivity index is 1.36. The fourth-order valence-corrected chi connectivity index (χ4v) is 8.49. The van der Waals surface area contributed by atoms with E-state index in [1.165, 1.54) is 29.9 Å². The number of phenols is 1.